The van der Waals surface area contributed by atoms with Crippen molar-refractivity contribution in [2.24, 2.45) is 0 Å². The van der Waals surface area contributed by atoms with E-state index < -0.39 is 10.0 Å². The van der Waals surface area contributed by atoms with Crippen molar-refractivity contribution in [1.29, 1.82) is 0 Å². The number of halogens is 1. The van der Waals surface area contributed by atoms with Crippen LogP contribution in [-0.4, -0.2) is 38.4 Å². The maximum Gasteiger partial charge on any atom is 0.240 e. The van der Waals surface area contributed by atoms with Gasteiger partial charge in [-0.3, -0.25) is 0 Å². The number of nitrogens with zero attached hydrogens (tertiary/aromatic N) is 2. The number of aryl methyl sites for hydroxylation is 1. The summed E-state index contributed by atoms with van der Waals surface area (Å²) in [5, 5.41) is 14.5. The lowest BCUT2D eigenvalue weighted by Gasteiger charge is -2.14. The van der Waals surface area contributed by atoms with Crippen molar-refractivity contribution in [3.8, 4) is 22.8 Å². The third-order valence-electron chi connectivity index (χ3n) is 6.84. The third-order valence-corrected chi connectivity index (χ3v) is 8.68. The SMILES string of the molecule is CCOc1ccc(CCNS(=O)(=O)c2cc(-c3nnc(Nc4cccc(Cl)c4)c4ccccc34)ccc2C)cc1OCC. The second-order valence-electron chi connectivity index (χ2n) is 9.85. The Labute approximate surface area is 257 Å². The first-order valence-corrected chi connectivity index (χ1v) is 15.9. The molecule has 10 heteroatoms. The average Bonchev–Trinajstić information content (AvgIpc) is 2.99. The molecule has 1 aromatic heterocycles. The molecule has 0 atom stereocenters. The van der Waals surface area contributed by atoms with Gasteiger partial charge in [-0.25, -0.2) is 13.1 Å². The van der Waals surface area contributed by atoms with Crippen molar-refractivity contribution >= 4 is 43.9 Å². The summed E-state index contributed by atoms with van der Waals surface area (Å²) in [6.45, 7) is 6.86. The van der Waals surface area contributed by atoms with Crippen molar-refractivity contribution in [3.05, 3.63) is 101 Å². The van der Waals surface area contributed by atoms with E-state index in [4.69, 9.17) is 21.1 Å². The summed E-state index contributed by atoms with van der Waals surface area (Å²) >= 11 is 6.16. The van der Waals surface area contributed by atoms with E-state index in [-0.39, 0.29) is 11.4 Å². The van der Waals surface area contributed by atoms with Crippen LogP contribution in [0.25, 0.3) is 22.0 Å². The van der Waals surface area contributed by atoms with Crippen molar-refractivity contribution in [3.63, 3.8) is 0 Å². The lowest BCUT2D eigenvalue weighted by molar-refractivity contribution is 0.287. The smallest absolute Gasteiger partial charge is 0.240 e. The van der Waals surface area contributed by atoms with Crippen LogP contribution in [0.15, 0.2) is 89.8 Å². The van der Waals surface area contributed by atoms with Crippen LogP contribution in [0.1, 0.15) is 25.0 Å². The minimum absolute atomic E-state index is 0.193. The molecule has 0 aliphatic rings. The highest BCUT2D eigenvalue weighted by Crippen LogP contribution is 2.33. The Morgan fingerprint density at radius 3 is 2.35 bits per heavy atom. The normalized spacial score (nSPS) is 11.4. The Bertz CT molecular complexity index is 1860. The van der Waals surface area contributed by atoms with E-state index in [0.29, 0.717) is 58.8 Å². The fourth-order valence-electron chi connectivity index (χ4n) is 4.81. The van der Waals surface area contributed by atoms with Gasteiger partial charge >= 0.3 is 0 Å². The van der Waals surface area contributed by atoms with E-state index in [1.165, 1.54) is 0 Å². The lowest BCUT2D eigenvalue weighted by atomic mass is 10.0. The summed E-state index contributed by atoms with van der Waals surface area (Å²) in [7, 11) is -3.81. The Balaban J connectivity index is 1.39. The monoisotopic (exact) mass is 616 g/mol. The zero-order valence-electron chi connectivity index (χ0n) is 24.2. The predicted molar refractivity (Wildman–Crippen MR) is 172 cm³/mol. The zero-order chi connectivity index (χ0) is 30.4. The number of nitrogens with one attached hydrogen (secondary N) is 2. The maximum absolute atomic E-state index is 13.5. The van der Waals surface area contributed by atoms with Crippen molar-refractivity contribution in [2.75, 3.05) is 25.1 Å². The first-order valence-electron chi connectivity index (χ1n) is 14.1. The molecule has 1 heterocycles. The molecule has 0 spiro atoms. The van der Waals surface area contributed by atoms with Crippen LogP contribution < -0.4 is 19.5 Å². The van der Waals surface area contributed by atoms with Crippen molar-refractivity contribution in [1.82, 2.24) is 14.9 Å². The minimum Gasteiger partial charge on any atom is -0.490 e. The highest BCUT2D eigenvalue weighted by atomic mass is 35.5. The summed E-state index contributed by atoms with van der Waals surface area (Å²) in [5.74, 6) is 1.89. The van der Waals surface area contributed by atoms with Gasteiger partial charge in [0.2, 0.25) is 10.0 Å². The molecule has 5 rings (SSSR count). The number of fused-ring (bicyclic) bond motifs is 1. The minimum atomic E-state index is -3.81. The largest absolute Gasteiger partial charge is 0.490 e. The highest BCUT2D eigenvalue weighted by Gasteiger charge is 2.20. The maximum atomic E-state index is 13.5. The molecule has 0 amide bonds. The highest BCUT2D eigenvalue weighted by molar-refractivity contribution is 7.89. The van der Waals surface area contributed by atoms with E-state index in [2.05, 4.69) is 20.2 Å². The first-order chi connectivity index (χ1) is 20.8. The van der Waals surface area contributed by atoms with Crippen molar-refractivity contribution in [2.45, 2.75) is 32.1 Å². The molecule has 0 bridgehead atoms. The van der Waals surface area contributed by atoms with Crippen LogP contribution in [0.2, 0.25) is 5.02 Å². The molecular formula is C33H33ClN4O4S. The van der Waals surface area contributed by atoms with Gasteiger partial charge in [-0.1, -0.05) is 60.1 Å². The first kappa shape index (κ1) is 30.3. The summed E-state index contributed by atoms with van der Waals surface area (Å²) < 4.78 is 41.0. The summed E-state index contributed by atoms with van der Waals surface area (Å²) in [6, 6.07) is 26.1. The van der Waals surface area contributed by atoms with Crippen LogP contribution in [-0.2, 0) is 16.4 Å². The van der Waals surface area contributed by atoms with Crippen LogP contribution in [0.5, 0.6) is 11.5 Å². The molecule has 222 valence electrons. The van der Waals surface area contributed by atoms with Gasteiger partial charge in [0.1, 0.15) is 5.69 Å². The molecule has 0 radical (unpaired) electrons. The molecule has 0 saturated heterocycles. The number of anilines is 2. The van der Waals surface area contributed by atoms with Gasteiger partial charge < -0.3 is 14.8 Å². The van der Waals surface area contributed by atoms with Crippen LogP contribution in [0, 0.1) is 6.92 Å². The Morgan fingerprint density at radius 1 is 0.814 bits per heavy atom. The van der Waals surface area contributed by atoms with Gasteiger partial charge in [-0.2, -0.15) is 0 Å². The molecular weight excluding hydrogens is 584 g/mol. The number of aromatic nitrogens is 2. The number of hydrogen-bond donors (Lipinski definition) is 2. The Hall–Kier alpha value is -4.18. The lowest BCUT2D eigenvalue weighted by Crippen LogP contribution is -2.26. The van der Waals surface area contributed by atoms with Gasteiger partial charge in [-0.05, 0) is 74.7 Å². The van der Waals surface area contributed by atoms with Crippen LogP contribution in [0.3, 0.4) is 0 Å². The van der Waals surface area contributed by atoms with E-state index in [9.17, 15) is 8.42 Å². The molecule has 0 fully saturated rings. The number of rotatable bonds is 12. The van der Waals surface area contributed by atoms with E-state index in [0.717, 1.165) is 22.0 Å². The molecule has 4 aromatic carbocycles. The molecule has 0 unspecified atom stereocenters. The summed E-state index contributed by atoms with van der Waals surface area (Å²) in [6.07, 6.45) is 0.488. The number of ether oxygens (including phenoxy) is 2. The quantitative estimate of drug-likeness (QED) is 0.151. The van der Waals surface area contributed by atoms with Gasteiger partial charge in [-0.15, -0.1) is 10.2 Å². The second kappa shape index (κ2) is 13.4. The average molecular weight is 617 g/mol. The molecule has 2 N–H and O–H groups in total. The predicted octanol–water partition coefficient (Wildman–Crippen LogP) is 7.32. The standard InChI is InChI=1S/C33H33ClN4O4S/c1-4-41-29-16-14-23(19-30(29)42-5-2)17-18-35-43(39,40)31-20-24(15-13-22(31)3)32-27-11-6-7-12-28(27)33(38-37-32)36-26-10-8-9-25(34)21-26/h6-16,19-21,35H,4-5,17-18H2,1-3H3,(H,36,38). The van der Waals surface area contributed by atoms with E-state index in [1.807, 2.05) is 80.6 Å². The molecule has 5 aromatic rings. The Kier molecular flexibility index (Phi) is 9.45. The fraction of sp³-hybridized carbons (Fsp3) is 0.212. The second-order valence-corrected chi connectivity index (χ2v) is 12.0. The Morgan fingerprint density at radius 2 is 1.58 bits per heavy atom. The summed E-state index contributed by atoms with van der Waals surface area (Å²) in [4.78, 5) is 0.193. The van der Waals surface area contributed by atoms with Gasteiger partial charge in [0.05, 0.1) is 18.1 Å². The number of benzene rings is 4. The van der Waals surface area contributed by atoms with E-state index in [1.54, 1.807) is 25.1 Å². The molecule has 8 nitrogen and oxygen atoms in total. The van der Waals surface area contributed by atoms with Crippen LogP contribution >= 0.6 is 11.6 Å². The topological polar surface area (TPSA) is 102 Å². The molecule has 0 saturated carbocycles. The van der Waals surface area contributed by atoms with Crippen molar-refractivity contribution < 1.29 is 17.9 Å². The molecule has 43 heavy (non-hydrogen) atoms. The van der Waals surface area contributed by atoms with E-state index >= 15 is 0 Å². The zero-order valence-corrected chi connectivity index (χ0v) is 25.8. The van der Waals surface area contributed by atoms with Gasteiger partial charge in [0.25, 0.3) is 0 Å². The fourth-order valence-corrected chi connectivity index (χ4v) is 6.30. The van der Waals surface area contributed by atoms with Crippen LogP contribution in [0.4, 0.5) is 11.5 Å². The van der Waals surface area contributed by atoms with Gasteiger partial charge in [0, 0.05) is 33.6 Å². The molecule has 0 aliphatic carbocycles. The number of hydrogen-bond acceptors (Lipinski definition) is 7. The molecule has 0 aliphatic heterocycles. The third kappa shape index (κ3) is 7.07. The van der Waals surface area contributed by atoms with Gasteiger partial charge in [0.15, 0.2) is 17.3 Å². The number of sulfonamides is 1. The summed E-state index contributed by atoms with van der Waals surface area (Å²) in [5.41, 5.74) is 3.59.